The molecule has 0 unspecified atom stereocenters. The standard InChI is InChI=1S/C14H13BrFNO3S/c15-12-3-1-10(2-4-12)8-17-21(19,20)13-5-6-14(16)11(7-13)9-18/h1-7,17-18H,8-9H2. The first-order chi connectivity index (χ1) is 9.92. The summed E-state index contributed by atoms with van der Waals surface area (Å²) in [6.07, 6.45) is 0. The lowest BCUT2D eigenvalue weighted by molar-refractivity contribution is 0.275. The summed E-state index contributed by atoms with van der Waals surface area (Å²) in [7, 11) is -3.76. The number of aliphatic hydroxyl groups is 1. The SMILES string of the molecule is O=S(=O)(NCc1ccc(Br)cc1)c1ccc(F)c(CO)c1. The molecule has 7 heteroatoms. The van der Waals surface area contributed by atoms with Crippen LogP contribution in [0.15, 0.2) is 51.8 Å². The highest BCUT2D eigenvalue weighted by atomic mass is 79.9. The zero-order valence-electron chi connectivity index (χ0n) is 10.9. The molecular weight excluding hydrogens is 361 g/mol. The van der Waals surface area contributed by atoms with Gasteiger partial charge in [0.25, 0.3) is 0 Å². The van der Waals surface area contributed by atoms with Crippen LogP contribution in [0.2, 0.25) is 0 Å². The van der Waals surface area contributed by atoms with Crippen molar-refractivity contribution in [3.63, 3.8) is 0 Å². The lowest BCUT2D eigenvalue weighted by Crippen LogP contribution is -2.23. The molecular formula is C14H13BrFNO3S. The fraction of sp³-hybridized carbons (Fsp3) is 0.143. The number of rotatable bonds is 5. The molecule has 21 heavy (non-hydrogen) atoms. The summed E-state index contributed by atoms with van der Waals surface area (Å²) in [4.78, 5) is -0.0786. The highest BCUT2D eigenvalue weighted by molar-refractivity contribution is 9.10. The summed E-state index contributed by atoms with van der Waals surface area (Å²) in [5.41, 5.74) is 0.743. The lowest BCUT2D eigenvalue weighted by atomic mass is 10.2. The van der Waals surface area contributed by atoms with Crippen LogP contribution in [0.1, 0.15) is 11.1 Å². The maximum atomic E-state index is 13.3. The Hall–Kier alpha value is -1.28. The van der Waals surface area contributed by atoms with E-state index in [2.05, 4.69) is 20.7 Å². The highest BCUT2D eigenvalue weighted by Gasteiger charge is 2.15. The fourth-order valence-corrected chi connectivity index (χ4v) is 3.04. The van der Waals surface area contributed by atoms with E-state index >= 15 is 0 Å². The highest BCUT2D eigenvalue weighted by Crippen LogP contribution is 2.16. The molecule has 0 aliphatic carbocycles. The molecule has 2 aromatic carbocycles. The van der Waals surface area contributed by atoms with Gasteiger partial charge in [0.2, 0.25) is 10.0 Å². The predicted molar refractivity (Wildman–Crippen MR) is 80.5 cm³/mol. The van der Waals surface area contributed by atoms with E-state index in [1.807, 2.05) is 12.1 Å². The van der Waals surface area contributed by atoms with Gasteiger partial charge in [-0.25, -0.2) is 17.5 Å². The number of hydrogen-bond donors (Lipinski definition) is 2. The van der Waals surface area contributed by atoms with E-state index in [9.17, 15) is 12.8 Å². The Labute approximate surface area is 130 Å². The van der Waals surface area contributed by atoms with E-state index in [1.165, 1.54) is 6.07 Å². The van der Waals surface area contributed by atoms with E-state index in [1.54, 1.807) is 12.1 Å². The van der Waals surface area contributed by atoms with Crippen molar-refractivity contribution in [1.29, 1.82) is 0 Å². The normalized spacial score (nSPS) is 11.6. The summed E-state index contributed by atoms with van der Waals surface area (Å²) in [5, 5.41) is 8.98. The summed E-state index contributed by atoms with van der Waals surface area (Å²) in [6, 6.07) is 10.5. The first-order valence-electron chi connectivity index (χ1n) is 6.06. The molecule has 0 fully saturated rings. The van der Waals surface area contributed by atoms with Crippen molar-refractivity contribution in [2.45, 2.75) is 18.0 Å². The van der Waals surface area contributed by atoms with Gasteiger partial charge in [0.05, 0.1) is 11.5 Å². The van der Waals surface area contributed by atoms with Crippen molar-refractivity contribution in [3.05, 3.63) is 63.9 Å². The Kier molecular flexibility index (Phi) is 5.10. The predicted octanol–water partition coefficient (Wildman–Crippen LogP) is 2.56. The van der Waals surface area contributed by atoms with Gasteiger partial charge in [-0.15, -0.1) is 0 Å². The van der Waals surface area contributed by atoms with E-state index < -0.39 is 22.4 Å². The average molecular weight is 374 g/mol. The molecule has 0 aliphatic heterocycles. The third-order valence-electron chi connectivity index (χ3n) is 2.88. The fourth-order valence-electron chi connectivity index (χ4n) is 1.70. The summed E-state index contributed by atoms with van der Waals surface area (Å²) >= 11 is 3.30. The van der Waals surface area contributed by atoms with Crippen LogP contribution in [0.3, 0.4) is 0 Å². The minimum absolute atomic E-state index is 0.0542. The molecule has 2 N–H and O–H groups in total. The third-order valence-corrected chi connectivity index (χ3v) is 4.80. The Morgan fingerprint density at radius 1 is 1.14 bits per heavy atom. The summed E-state index contributed by atoms with van der Waals surface area (Å²) in [6.45, 7) is -0.427. The van der Waals surface area contributed by atoms with Gasteiger partial charge >= 0.3 is 0 Å². The van der Waals surface area contributed by atoms with Gasteiger partial charge in [-0.1, -0.05) is 28.1 Å². The maximum Gasteiger partial charge on any atom is 0.240 e. The van der Waals surface area contributed by atoms with Crippen molar-refractivity contribution >= 4 is 26.0 Å². The van der Waals surface area contributed by atoms with Crippen LogP contribution in [-0.4, -0.2) is 13.5 Å². The van der Waals surface area contributed by atoms with E-state index in [-0.39, 0.29) is 17.0 Å². The zero-order chi connectivity index (χ0) is 15.5. The maximum absolute atomic E-state index is 13.3. The zero-order valence-corrected chi connectivity index (χ0v) is 13.3. The van der Waals surface area contributed by atoms with Crippen LogP contribution in [0.5, 0.6) is 0 Å². The van der Waals surface area contributed by atoms with Crippen LogP contribution in [0, 0.1) is 5.82 Å². The van der Waals surface area contributed by atoms with Gasteiger partial charge in [-0.05, 0) is 35.9 Å². The van der Waals surface area contributed by atoms with Crippen LogP contribution in [-0.2, 0) is 23.2 Å². The molecule has 4 nitrogen and oxygen atoms in total. The second kappa shape index (κ2) is 6.65. The van der Waals surface area contributed by atoms with Gasteiger partial charge in [-0.2, -0.15) is 0 Å². The van der Waals surface area contributed by atoms with Crippen molar-refractivity contribution in [1.82, 2.24) is 4.72 Å². The van der Waals surface area contributed by atoms with Crippen LogP contribution in [0.4, 0.5) is 4.39 Å². The number of aliphatic hydroxyl groups excluding tert-OH is 1. The molecule has 0 heterocycles. The molecule has 0 radical (unpaired) electrons. The van der Waals surface area contributed by atoms with Crippen molar-refractivity contribution < 1.29 is 17.9 Å². The first-order valence-corrected chi connectivity index (χ1v) is 8.33. The second-order valence-electron chi connectivity index (χ2n) is 4.36. The quantitative estimate of drug-likeness (QED) is 0.846. The Bertz CT molecular complexity index is 732. The van der Waals surface area contributed by atoms with Gasteiger partial charge in [0, 0.05) is 16.6 Å². The molecule has 0 aromatic heterocycles. The molecule has 0 saturated carbocycles. The van der Waals surface area contributed by atoms with E-state index in [0.29, 0.717) is 0 Å². The minimum Gasteiger partial charge on any atom is -0.392 e. The smallest absolute Gasteiger partial charge is 0.240 e. The van der Waals surface area contributed by atoms with Gasteiger partial charge in [0.15, 0.2) is 0 Å². The van der Waals surface area contributed by atoms with Crippen molar-refractivity contribution in [3.8, 4) is 0 Å². The third kappa shape index (κ3) is 4.10. The molecule has 112 valence electrons. The number of benzene rings is 2. The second-order valence-corrected chi connectivity index (χ2v) is 7.04. The van der Waals surface area contributed by atoms with E-state index in [0.717, 1.165) is 22.2 Å². The molecule has 0 atom stereocenters. The molecule has 0 saturated heterocycles. The number of halogens is 2. The number of nitrogens with one attached hydrogen (secondary N) is 1. The Morgan fingerprint density at radius 3 is 2.43 bits per heavy atom. The summed E-state index contributed by atoms with van der Waals surface area (Å²) in [5.74, 6) is -0.635. The molecule has 0 spiro atoms. The van der Waals surface area contributed by atoms with Crippen LogP contribution in [0.25, 0.3) is 0 Å². The minimum atomic E-state index is -3.76. The number of sulfonamides is 1. The first kappa shape index (κ1) is 16.1. The van der Waals surface area contributed by atoms with E-state index in [4.69, 9.17) is 5.11 Å². The summed E-state index contributed by atoms with van der Waals surface area (Å²) < 4.78 is 40.9. The molecule has 2 rings (SSSR count). The van der Waals surface area contributed by atoms with Crippen LogP contribution < -0.4 is 4.72 Å². The van der Waals surface area contributed by atoms with Gasteiger partial charge < -0.3 is 5.11 Å². The Balaban J connectivity index is 2.16. The van der Waals surface area contributed by atoms with Crippen molar-refractivity contribution in [2.75, 3.05) is 0 Å². The Morgan fingerprint density at radius 2 is 1.81 bits per heavy atom. The van der Waals surface area contributed by atoms with Crippen molar-refractivity contribution in [2.24, 2.45) is 0 Å². The molecule has 2 aromatic rings. The molecule has 0 aliphatic rings. The molecule has 0 bridgehead atoms. The van der Waals surface area contributed by atoms with Gasteiger partial charge in [-0.3, -0.25) is 0 Å². The molecule has 0 amide bonds. The largest absolute Gasteiger partial charge is 0.392 e. The van der Waals surface area contributed by atoms with Gasteiger partial charge in [0.1, 0.15) is 5.82 Å². The van der Waals surface area contributed by atoms with Crippen LogP contribution >= 0.6 is 15.9 Å². The number of hydrogen-bond acceptors (Lipinski definition) is 3. The lowest BCUT2D eigenvalue weighted by Gasteiger charge is -2.08. The average Bonchev–Trinajstić information content (AvgIpc) is 2.47. The monoisotopic (exact) mass is 373 g/mol. The topological polar surface area (TPSA) is 66.4 Å².